The number of likely N-dealkylation sites (tertiary alicyclic amines) is 1. The van der Waals surface area contributed by atoms with Gasteiger partial charge >= 0.3 is 0 Å². The summed E-state index contributed by atoms with van der Waals surface area (Å²) < 4.78 is 7.25. The van der Waals surface area contributed by atoms with Gasteiger partial charge in [0.2, 0.25) is 11.8 Å². The second-order valence-electron chi connectivity index (χ2n) is 13.3. The van der Waals surface area contributed by atoms with Crippen molar-refractivity contribution < 1.29 is 19.1 Å². The molecule has 1 unspecified atom stereocenters. The average molecular weight is 675 g/mol. The smallest absolute Gasteiger partial charge is 0.259 e. The Hall–Kier alpha value is -4.38. The summed E-state index contributed by atoms with van der Waals surface area (Å²) in [5.74, 6) is 1.85. The van der Waals surface area contributed by atoms with Gasteiger partial charge in [-0.25, -0.2) is 4.98 Å². The van der Waals surface area contributed by atoms with Crippen molar-refractivity contribution in [2.24, 2.45) is 18.9 Å². The molecule has 3 aliphatic rings. The summed E-state index contributed by atoms with van der Waals surface area (Å²) in [6.07, 6.45) is 8.39. The number of benzene rings is 1. The first kappa shape index (κ1) is 33.5. The number of imide groups is 1. The van der Waals surface area contributed by atoms with Gasteiger partial charge in [0.15, 0.2) is 0 Å². The van der Waals surface area contributed by atoms with Gasteiger partial charge in [-0.2, -0.15) is 0 Å². The standard InChI is InChI=1S/C36H43ClN6O5/c1-21-22(2)35(46)41(3)20-27(21)25-17-28(37)33(30(18-25)48-4)36(47)43-15-11-24(12-16-43)23-9-13-42(14-10-23)31-7-5-26(19-38-31)39-29-6-8-32(44)40-34(29)45/h5,7,17-20,23-24,29,39H,6,8-16H2,1-4H3,(H,40,44,45). The number of anilines is 2. The Morgan fingerprint density at radius 3 is 2.29 bits per heavy atom. The second-order valence-corrected chi connectivity index (χ2v) is 13.7. The summed E-state index contributed by atoms with van der Waals surface area (Å²) in [7, 11) is 3.27. The number of hydrogen-bond acceptors (Lipinski definition) is 8. The monoisotopic (exact) mass is 674 g/mol. The number of hydrogen-bond donors (Lipinski definition) is 2. The molecular weight excluding hydrogens is 632 g/mol. The van der Waals surface area contributed by atoms with Crippen LogP contribution in [0.15, 0.2) is 41.5 Å². The largest absolute Gasteiger partial charge is 0.496 e. The highest BCUT2D eigenvalue weighted by Crippen LogP contribution is 2.38. The van der Waals surface area contributed by atoms with Crippen molar-refractivity contribution in [3.05, 3.63) is 68.7 Å². The molecule has 2 N–H and O–H groups in total. The van der Waals surface area contributed by atoms with Crippen LogP contribution in [0.2, 0.25) is 5.02 Å². The van der Waals surface area contributed by atoms with Crippen LogP contribution in [0.5, 0.6) is 5.75 Å². The number of nitrogens with zero attached hydrogens (tertiary/aromatic N) is 4. The number of piperidine rings is 3. The molecule has 0 saturated carbocycles. The highest BCUT2D eigenvalue weighted by atomic mass is 35.5. The van der Waals surface area contributed by atoms with Gasteiger partial charge in [0.1, 0.15) is 23.2 Å². The van der Waals surface area contributed by atoms with E-state index < -0.39 is 6.04 Å². The summed E-state index contributed by atoms with van der Waals surface area (Å²) in [6.45, 7) is 6.92. The molecule has 254 valence electrons. The molecule has 0 radical (unpaired) electrons. The number of pyridine rings is 2. The maximum Gasteiger partial charge on any atom is 0.259 e. The topological polar surface area (TPSA) is 126 Å². The molecule has 48 heavy (non-hydrogen) atoms. The molecule has 3 aromatic rings. The van der Waals surface area contributed by atoms with E-state index in [9.17, 15) is 19.2 Å². The Morgan fingerprint density at radius 2 is 1.67 bits per heavy atom. The first-order valence-electron chi connectivity index (χ1n) is 16.7. The lowest BCUT2D eigenvalue weighted by atomic mass is 9.78. The summed E-state index contributed by atoms with van der Waals surface area (Å²) in [4.78, 5) is 58.5. The number of carbonyl (C=O) groups excluding carboxylic acids is 3. The Kier molecular flexibility index (Phi) is 9.78. The molecule has 6 rings (SSSR count). The molecule has 1 aromatic carbocycles. The highest BCUT2D eigenvalue weighted by Gasteiger charge is 2.33. The number of amides is 3. The maximum atomic E-state index is 13.8. The van der Waals surface area contributed by atoms with Crippen LogP contribution in [-0.2, 0) is 16.6 Å². The Bertz CT molecular complexity index is 1770. The van der Waals surface area contributed by atoms with Crippen LogP contribution in [0.25, 0.3) is 11.1 Å². The van der Waals surface area contributed by atoms with E-state index in [0.717, 1.165) is 67.0 Å². The number of nitrogens with one attached hydrogen (secondary N) is 2. The van der Waals surface area contributed by atoms with Crippen molar-refractivity contribution >= 4 is 40.8 Å². The minimum atomic E-state index is -0.431. The zero-order valence-electron chi connectivity index (χ0n) is 28.0. The number of halogens is 1. The van der Waals surface area contributed by atoms with Crippen LogP contribution in [0.4, 0.5) is 11.5 Å². The third kappa shape index (κ3) is 6.78. The first-order valence-corrected chi connectivity index (χ1v) is 17.1. The van der Waals surface area contributed by atoms with E-state index in [-0.39, 0.29) is 23.3 Å². The van der Waals surface area contributed by atoms with Crippen molar-refractivity contribution in [2.45, 2.75) is 58.4 Å². The molecule has 1 atom stereocenters. The van der Waals surface area contributed by atoms with E-state index >= 15 is 0 Å². The number of aryl methyl sites for hydroxylation is 1. The fraction of sp³-hybridized carbons (Fsp3) is 0.472. The van der Waals surface area contributed by atoms with Gasteiger partial charge in [-0.1, -0.05) is 11.6 Å². The molecule has 11 nitrogen and oxygen atoms in total. The quantitative estimate of drug-likeness (QED) is 0.345. The first-order chi connectivity index (χ1) is 23.0. The number of ether oxygens (including phenoxy) is 1. The summed E-state index contributed by atoms with van der Waals surface area (Å²) >= 11 is 6.78. The van der Waals surface area contributed by atoms with Gasteiger partial charge in [0, 0.05) is 57.0 Å². The number of aromatic nitrogens is 2. The Balaban J connectivity index is 1.03. The lowest BCUT2D eigenvalue weighted by Crippen LogP contribution is -2.47. The van der Waals surface area contributed by atoms with Crippen LogP contribution in [-0.4, -0.2) is 71.5 Å². The lowest BCUT2D eigenvalue weighted by molar-refractivity contribution is -0.133. The van der Waals surface area contributed by atoms with Crippen molar-refractivity contribution in [1.82, 2.24) is 19.8 Å². The molecule has 0 aliphatic carbocycles. The molecule has 3 saturated heterocycles. The third-order valence-corrected chi connectivity index (χ3v) is 10.7. The van der Waals surface area contributed by atoms with Crippen LogP contribution in [0.1, 0.15) is 60.0 Å². The van der Waals surface area contributed by atoms with E-state index in [4.69, 9.17) is 16.3 Å². The number of rotatable bonds is 7. The molecule has 3 amide bonds. The molecule has 0 bridgehead atoms. The van der Waals surface area contributed by atoms with Gasteiger partial charge in [0.25, 0.3) is 11.5 Å². The fourth-order valence-corrected chi connectivity index (χ4v) is 7.69. The van der Waals surface area contributed by atoms with Gasteiger partial charge in [0.05, 0.1) is 24.0 Å². The summed E-state index contributed by atoms with van der Waals surface area (Å²) in [5, 5.41) is 5.89. The van der Waals surface area contributed by atoms with E-state index in [0.29, 0.717) is 59.7 Å². The fourth-order valence-electron chi connectivity index (χ4n) is 7.40. The number of carbonyl (C=O) groups is 3. The molecule has 2 aromatic heterocycles. The van der Waals surface area contributed by atoms with Crippen molar-refractivity contribution in [1.29, 1.82) is 0 Å². The minimum Gasteiger partial charge on any atom is -0.496 e. The molecule has 3 fully saturated rings. The normalized spacial score (nSPS) is 19.3. The van der Waals surface area contributed by atoms with E-state index in [2.05, 4.69) is 20.5 Å². The lowest BCUT2D eigenvalue weighted by Gasteiger charge is -2.40. The predicted molar refractivity (Wildman–Crippen MR) is 186 cm³/mol. The van der Waals surface area contributed by atoms with Gasteiger partial charge in [-0.05, 0) is 93.2 Å². The van der Waals surface area contributed by atoms with Crippen LogP contribution < -0.4 is 25.8 Å². The molecular formula is C36H43ClN6O5. The average Bonchev–Trinajstić information content (AvgIpc) is 3.10. The number of methoxy groups -OCH3 is 1. The molecule has 5 heterocycles. The molecule has 0 spiro atoms. The molecule has 12 heteroatoms. The van der Waals surface area contributed by atoms with Crippen molar-refractivity contribution in [3.8, 4) is 16.9 Å². The third-order valence-electron chi connectivity index (χ3n) is 10.4. The van der Waals surface area contributed by atoms with Gasteiger partial charge < -0.3 is 24.4 Å². The van der Waals surface area contributed by atoms with Crippen LogP contribution in [0.3, 0.4) is 0 Å². The molecule has 3 aliphatic heterocycles. The van der Waals surface area contributed by atoms with Gasteiger partial charge in [-0.15, -0.1) is 0 Å². The highest BCUT2D eigenvalue weighted by molar-refractivity contribution is 6.34. The van der Waals surface area contributed by atoms with Gasteiger partial charge in [-0.3, -0.25) is 24.5 Å². The van der Waals surface area contributed by atoms with Crippen molar-refractivity contribution in [2.75, 3.05) is 43.5 Å². The van der Waals surface area contributed by atoms with E-state index in [1.165, 1.54) is 0 Å². The Morgan fingerprint density at radius 1 is 0.979 bits per heavy atom. The Labute approximate surface area is 285 Å². The maximum absolute atomic E-state index is 13.8. The van der Waals surface area contributed by atoms with Crippen LogP contribution >= 0.6 is 11.6 Å². The van der Waals surface area contributed by atoms with Crippen LogP contribution in [0, 0.1) is 25.7 Å². The second kappa shape index (κ2) is 14.0. The zero-order valence-corrected chi connectivity index (χ0v) is 28.7. The SMILES string of the molecule is COc1cc(-c2cn(C)c(=O)c(C)c2C)cc(Cl)c1C(=O)N1CCC(C2CCN(c3ccc(NC4CCC(=O)NC4=O)cn3)CC2)CC1. The summed E-state index contributed by atoms with van der Waals surface area (Å²) in [6, 6.07) is 7.12. The zero-order chi connectivity index (χ0) is 34.1. The minimum absolute atomic E-state index is 0.0417. The van der Waals surface area contributed by atoms with E-state index in [1.54, 1.807) is 37.2 Å². The van der Waals surface area contributed by atoms with Crippen molar-refractivity contribution in [3.63, 3.8) is 0 Å². The summed E-state index contributed by atoms with van der Waals surface area (Å²) in [5.41, 5.74) is 4.30. The van der Waals surface area contributed by atoms with E-state index in [1.807, 2.05) is 36.9 Å². The predicted octanol–water partition coefficient (Wildman–Crippen LogP) is 4.71.